The van der Waals surface area contributed by atoms with Crippen molar-refractivity contribution < 1.29 is 14.6 Å². The van der Waals surface area contributed by atoms with Crippen LogP contribution < -0.4 is 0 Å². The molecule has 0 bridgehead atoms. The molecule has 14 heavy (non-hydrogen) atoms. The molecular formula is C10H21NO3. The van der Waals surface area contributed by atoms with Crippen LogP contribution in [-0.4, -0.2) is 49.3 Å². The molecule has 0 aliphatic heterocycles. The third-order valence-corrected chi connectivity index (χ3v) is 1.94. The Bertz CT molecular complexity index is 161. The monoisotopic (exact) mass is 203 g/mol. The van der Waals surface area contributed by atoms with Gasteiger partial charge >= 0.3 is 5.97 Å². The molecule has 0 radical (unpaired) electrons. The Hall–Kier alpha value is -0.610. The third-order valence-electron chi connectivity index (χ3n) is 1.94. The molecule has 1 unspecified atom stereocenters. The van der Waals surface area contributed by atoms with Crippen LogP contribution in [0.4, 0.5) is 0 Å². The summed E-state index contributed by atoms with van der Waals surface area (Å²) in [6.45, 7) is 5.88. The molecule has 0 aromatic rings. The van der Waals surface area contributed by atoms with Crippen molar-refractivity contribution in [3.63, 3.8) is 0 Å². The Labute approximate surface area is 85.9 Å². The Kier molecular flexibility index (Phi) is 7.42. The van der Waals surface area contributed by atoms with Gasteiger partial charge in [0.25, 0.3) is 0 Å². The molecule has 0 aromatic carbocycles. The summed E-state index contributed by atoms with van der Waals surface area (Å²) in [5, 5.41) is 8.83. The van der Waals surface area contributed by atoms with Crippen LogP contribution in [0.15, 0.2) is 0 Å². The number of nitrogens with zero attached hydrogens (tertiary/aromatic N) is 1. The van der Waals surface area contributed by atoms with E-state index in [2.05, 4.69) is 0 Å². The molecule has 1 atom stereocenters. The van der Waals surface area contributed by atoms with E-state index in [9.17, 15) is 4.79 Å². The number of ether oxygens (including phenoxy) is 1. The Morgan fingerprint density at radius 3 is 2.71 bits per heavy atom. The largest absolute Gasteiger partial charge is 0.466 e. The lowest BCUT2D eigenvalue weighted by molar-refractivity contribution is -0.143. The molecule has 4 heteroatoms. The topological polar surface area (TPSA) is 49.8 Å². The van der Waals surface area contributed by atoms with Gasteiger partial charge in [-0.05, 0) is 19.9 Å². The van der Waals surface area contributed by atoms with Crippen molar-refractivity contribution in [2.75, 3.05) is 33.4 Å². The molecule has 4 nitrogen and oxygen atoms in total. The van der Waals surface area contributed by atoms with Crippen molar-refractivity contribution >= 4 is 5.97 Å². The van der Waals surface area contributed by atoms with Gasteiger partial charge in [-0.1, -0.05) is 6.92 Å². The van der Waals surface area contributed by atoms with Crippen LogP contribution in [-0.2, 0) is 9.53 Å². The second-order valence-corrected chi connectivity index (χ2v) is 3.61. The summed E-state index contributed by atoms with van der Waals surface area (Å²) in [7, 11) is 1.94. The average molecular weight is 203 g/mol. The van der Waals surface area contributed by atoms with E-state index in [1.165, 1.54) is 0 Å². The molecule has 0 amide bonds. The standard InChI is InChI=1S/C10H21NO3/c1-4-14-10(13)5-6-11(3)7-9(2)8-12/h9,12H,4-8H2,1-3H3. The van der Waals surface area contributed by atoms with E-state index in [0.29, 0.717) is 19.6 Å². The number of esters is 1. The van der Waals surface area contributed by atoms with E-state index >= 15 is 0 Å². The smallest absolute Gasteiger partial charge is 0.307 e. The number of carbonyl (C=O) groups excluding carboxylic acids is 1. The highest BCUT2D eigenvalue weighted by molar-refractivity contribution is 5.69. The van der Waals surface area contributed by atoms with Crippen molar-refractivity contribution in [2.45, 2.75) is 20.3 Å². The summed E-state index contributed by atoms with van der Waals surface area (Å²) in [5.41, 5.74) is 0. The number of carbonyl (C=O) groups is 1. The van der Waals surface area contributed by atoms with Gasteiger partial charge in [0.2, 0.25) is 0 Å². The number of hydrogen-bond donors (Lipinski definition) is 1. The van der Waals surface area contributed by atoms with Crippen LogP contribution in [0, 0.1) is 5.92 Å². The summed E-state index contributed by atoms with van der Waals surface area (Å²) in [6.07, 6.45) is 0.419. The first-order valence-electron chi connectivity index (χ1n) is 5.05. The molecule has 0 aliphatic rings. The number of aliphatic hydroxyl groups excluding tert-OH is 1. The van der Waals surface area contributed by atoms with Gasteiger partial charge in [-0.3, -0.25) is 4.79 Å². The van der Waals surface area contributed by atoms with Crippen LogP contribution in [0.1, 0.15) is 20.3 Å². The maximum Gasteiger partial charge on any atom is 0.307 e. The van der Waals surface area contributed by atoms with Crippen molar-refractivity contribution in [2.24, 2.45) is 5.92 Å². The molecular weight excluding hydrogens is 182 g/mol. The first kappa shape index (κ1) is 13.4. The van der Waals surface area contributed by atoms with Crippen molar-refractivity contribution in [3.8, 4) is 0 Å². The fraction of sp³-hybridized carbons (Fsp3) is 0.900. The molecule has 0 fully saturated rings. The summed E-state index contributed by atoms with van der Waals surface area (Å²) < 4.78 is 4.81. The lowest BCUT2D eigenvalue weighted by Gasteiger charge is -2.19. The third kappa shape index (κ3) is 6.86. The van der Waals surface area contributed by atoms with Gasteiger partial charge in [0.1, 0.15) is 0 Å². The lowest BCUT2D eigenvalue weighted by atomic mass is 10.2. The summed E-state index contributed by atoms with van der Waals surface area (Å²) >= 11 is 0. The van der Waals surface area contributed by atoms with Gasteiger partial charge in [-0.25, -0.2) is 0 Å². The van der Waals surface area contributed by atoms with E-state index in [1.54, 1.807) is 6.92 Å². The minimum absolute atomic E-state index is 0.156. The number of hydrogen-bond acceptors (Lipinski definition) is 4. The SMILES string of the molecule is CCOC(=O)CCN(C)CC(C)CO. The zero-order chi connectivity index (χ0) is 11.0. The van der Waals surface area contributed by atoms with Gasteiger partial charge in [0.15, 0.2) is 0 Å². The molecule has 0 aromatic heterocycles. The molecule has 1 N–H and O–H groups in total. The molecule has 0 aliphatic carbocycles. The predicted octanol–water partition coefficient (Wildman–Crippen LogP) is 0.500. The van der Waals surface area contributed by atoms with Crippen LogP contribution in [0.3, 0.4) is 0 Å². The Morgan fingerprint density at radius 2 is 2.21 bits per heavy atom. The predicted molar refractivity (Wildman–Crippen MR) is 55.0 cm³/mol. The lowest BCUT2D eigenvalue weighted by Crippen LogP contribution is -2.28. The second-order valence-electron chi connectivity index (χ2n) is 3.61. The molecule has 0 saturated heterocycles. The van der Waals surface area contributed by atoms with Crippen LogP contribution >= 0.6 is 0 Å². The molecule has 0 saturated carbocycles. The minimum Gasteiger partial charge on any atom is -0.466 e. The number of aliphatic hydroxyl groups is 1. The Morgan fingerprint density at radius 1 is 1.57 bits per heavy atom. The van der Waals surface area contributed by atoms with Crippen LogP contribution in [0.5, 0.6) is 0 Å². The van der Waals surface area contributed by atoms with E-state index in [-0.39, 0.29) is 18.5 Å². The fourth-order valence-corrected chi connectivity index (χ4v) is 1.20. The molecule has 0 rings (SSSR count). The van der Waals surface area contributed by atoms with E-state index in [1.807, 2.05) is 18.9 Å². The average Bonchev–Trinajstić information content (AvgIpc) is 2.15. The van der Waals surface area contributed by atoms with E-state index in [0.717, 1.165) is 6.54 Å². The van der Waals surface area contributed by atoms with Gasteiger partial charge in [0, 0.05) is 19.7 Å². The normalized spacial score (nSPS) is 12.9. The fourth-order valence-electron chi connectivity index (χ4n) is 1.20. The minimum atomic E-state index is -0.156. The van der Waals surface area contributed by atoms with Gasteiger partial charge in [-0.15, -0.1) is 0 Å². The van der Waals surface area contributed by atoms with E-state index < -0.39 is 0 Å². The summed E-state index contributed by atoms with van der Waals surface area (Å²) in [6, 6.07) is 0. The van der Waals surface area contributed by atoms with Crippen molar-refractivity contribution in [1.82, 2.24) is 4.90 Å². The van der Waals surface area contributed by atoms with Crippen molar-refractivity contribution in [1.29, 1.82) is 0 Å². The first-order chi connectivity index (χ1) is 6.60. The quantitative estimate of drug-likeness (QED) is 0.612. The molecule has 0 heterocycles. The zero-order valence-corrected chi connectivity index (χ0v) is 9.32. The zero-order valence-electron chi connectivity index (χ0n) is 9.32. The van der Waals surface area contributed by atoms with Crippen molar-refractivity contribution in [3.05, 3.63) is 0 Å². The highest BCUT2D eigenvalue weighted by atomic mass is 16.5. The van der Waals surface area contributed by atoms with E-state index in [4.69, 9.17) is 9.84 Å². The van der Waals surface area contributed by atoms with Gasteiger partial charge in [0.05, 0.1) is 13.0 Å². The maximum absolute atomic E-state index is 11.0. The second kappa shape index (κ2) is 7.76. The molecule has 0 spiro atoms. The van der Waals surface area contributed by atoms with Gasteiger partial charge < -0.3 is 14.7 Å². The molecule has 84 valence electrons. The van der Waals surface area contributed by atoms with Crippen LogP contribution in [0.25, 0.3) is 0 Å². The summed E-state index contributed by atoms with van der Waals surface area (Å²) in [5.74, 6) is 0.0956. The number of rotatable bonds is 7. The highest BCUT2D eigenvalue weighted by Crippen LogP contribution is 1.98. The first-order valence-corrected chi connectivity index (χ1v) is 5.05. The maximum atomic E-state index is 11.0. The summed E-state index contributed by atoms with van der Waals surface area (Å²) in [4.78, 5) is 13.0. The van der Waals surface area contributed by atoms with Crippen LogP contribution in [0.2, 0.25) is 0 Å². The van der Waals surface area contributed by atoms with Gasteiger partial charge in [-0.2, -0.15) is 0 Å². The Balaban J connectivity index is 3.52. The highest BCUT2D eigenvalue weighted by Gasteiger charge is 2.07.